The van der Waals surface area contributed by atoms with Crippen molar-refractivity contribution in [1.29, 1.82) is 0 Å². The van der Waals surface area contributed by atoms with Crippen LogP contribution in [0.3, 0.4) is 0 Å². The number of nitrogens with one attached hydrogen (secondary N) is 1. The number of hydrogen-bond donors (Lipinski definition) is 2. The van der Waals surface area contributed by atoms with E-state index in [1.54, 1.807) is 0 Å². The molecule has 0 heterocycles. The van der Waals surface area contributed by atoms with E-state index in [2.05, 4.69) is 24.9 Å². The lowest BCUT2D eigenvalue weighted by Crippen LogP contribution is -2.33. The summed E-state index contributed by atoms with van der Waals surface area (Å²) in [7, 11) is 0. The Morgan fingerprint density at radius 3 is 3.00 bits per heavy atom. The lowest BCUT2D eigenvalue weighted by Gasteiger charge is -2.13. The van der Waals surface area contributed by atoms with Crippen LogP contribution in [0.2, 0.25) is 0 Å². The molecule has 1 fully saturated rings. The zero-order valence-corrected chi connectivity index (χ0v) is 12.6. The average Bonchev–Trinajstić information content (AvgIpc) is 2.80. The summed E-state index contributed by atoms with van der Waals surface area (Å²) in [5.41, 5.74) is 0.470. The molecule has 2 nitrogen and oxygen atoms in total. The van der Waals surface area contributed by atoms with Crippen molar-refractivity contribution in [3.8, 4) is 0 Å². The van der Waals surface area contributed by atoms with Gasteiger partial charge in [0, 0.05) is 21.8 Å². The van der Waals surface area contributed by atoms with Gasteiger partial charge in [0.2, 0.25) is 0 Å². The van der Waals surface area contributed by atoms with Crippen molar-refractivity contribution in [2.45, 2.75) is 42.4 Å². The largest absolute Gasteiger partial charge is 0.349 e. The second-order valence-corrected chi connectivity index (χ2v) is 6.79. The summed E-state index contributed by atoms with van der Waals surface area (Å²) in [5, 5.41) is 3.68. The van der Waals surface area contributed by atoms with Gasteiger partial charge in [-0.25, -0.2) is 4.39 Å². The Morgan fingerprint density at radius 1 is 1.53 bits per heavy atom. The Balaban J connectivity index is 1.92. The fourth-order valence-electron chi connectivity index (χ4n) is 2.38. The Labute approximate surface area is 123 Å². The number of halogens is 1. The Bertz CT molecular complexity index is 467. The highest BCUT2D eigenvalue weighted by Gasteiger charge is 2.26. The van der Waals surface area contributed by atoms with E-state index in [-0.39, 0.29) is 16.8 Å². The molecule has 0 bridgehead atoms. The van der Waals surface area contributed by atoms with E-state index in [0.717, 1.165) is 25.0 Å². The van der Waals surface area contributed by atoms with E-state index < -0.39 is 5.82 Å². The summed E-state index contributed by atoms with van der Waals surface area (Å²) in [4.78, 5) is 12.3. The number of carbonyl (C=O) groups excluding carboxylic acids is 1. The number of hydrogen-bond acceptors (Lipinski definition) is 3. The number of rotatable bonds is 4. The second kappa shape index (κ2) is 6.66. The van der Waals surface area contributed by atoms with Crippen LogP contribution in [0.4, 0.5) is 4.39 Å². The predicted octanol–water partition coefficient (Wildman–Crippen LogP) is 3.52. The molecule has 1 aromatic rings. The minimum Gasteiger partial charge on any atom is -0.349 e. The van der Waals surface area contributed by atoms with Gasteiger partial charge in [-0.05, 0) is 43.2 Å². The lowest BCUT2D eigenvalue weighted by atomic mass is 10.2. The van der Waals surface area contributed by atoms with E-state index >= 15 is 0 Å². The molecule has 19 heavy (non-hydrogen) atoms. The van der Waals surface area contributed by atoms with E-state index in [1.165, 1.54) is 18.2 Å². The highest BCUT2D eigenvalue weighted by atomic mass is 32.2. The second-order valence-electron chi connectivity index (χ2n) is 4.73. The molecule has 2 unspecified atom stereocenters. The van der Waals surface area contributed by atoms with Crippen LogP contribution in [-0.4, -0.2) is 23.0 Å². The number of thioether (sulfide) groups is 1. The van der Waals surface area contributed by atoms with Gasteiger partial charge in [-0.2, -0.15) is 11.8 Å². The van der Waals surface area contributed by atoms with Crippen molar-refractivity contribution < 1.29 is 9.18 Å². The number of benzene rings is 1. The van der Waals surface area contributed by atoms with Gasteiger partial charge in [0.25, 0.3) is 5.91 Å². The van der Waals surface area contributed by atoms with Crippen LogP contribution in [0.1, 0.15) is 36.5 Å². The molecule has 0 radical (unpaired) electrons. The molecule has 1 aliphatic rings. The average molecular weight is 299 g/mol. The van der Waals surface area contributed by atoms with Crippen LogP contribution in [0.15, 0.2) is 23.1 Å². The van der Waals surface area contributed by atoms with Crippen LogP contribution < -0.4 is 5.32 Å². The van der Waals surface area contributed by atoms with Crippen LogP contribution in [-0.2, 0) is 0 Å². The number of carbonyl (C=O) groups is 1. The van der Waals surface area contributed by atoms with E-state index in [1.807, 2.05) is 11.8 Å². The monoisotopic (exact) mass is 299 g/mol. The normalized spacial score (nSPS) is 22.5. The summed E-state index contributed by atoms with van der Waals surface area (Å²) >= 11 is 5.95. The standard InChI is InChI=1S/C14H18FNOS2/c1-2-19-11-5-4-10(8-11)16-14(17)9-3-6-12(15)13(18)7-9/h3,6-7,10-11,18H,2,4-5,8H2,1H3,(H,16,17). The highest BCUT2D eigenvalue weighted by Crippen LogP contribution is 2.29. The molecule has 0 aliphatic heterocycles. The molecule has 0 aromatic heterocycles. The maximum Gasteiger partial charge on any atom is 0.251 e. The minimum absolute atomic E-state index is 0.137. The number of amides is 1. The fraction of sp³-hybridized carbons (Fsp3) is 0.500. The van der Waals surface area contributed by atoms with E-state index in [0.29, 0.717) is 10.8 Å². The first-order valence-corrected chi connectivity index (χ1v) is 8.00. The molecule has 1 N–H and O–H groups in total. The maximum atomic E-state index is 13.1. The van der Waals surface area contributed by atoms with Crippen molar-refractivity contribution in [1.82, 2.24) is 5.32 Å². The first-order chi connectivity index (χ1) is 9.10. The molecular formula is C14H18FNOS2. The molecule has 1 amide bonds. The molecule has 1 aliphatic carbocycles. The third-order valence-electron chi connectivity index (χ3n) is 3.33. The van der Waals surface area contributed by atoms with Gasteiger partial charge in [-0.1, -0.05) is 6.92 Å². The minimum atomic E-state index is -0.403. The van der Waals surface area contributed by atoms with Gasteiger partial charge in [0.1, 0.15) is 5.82 Å². The quantitative estimate of drug-likeness (QED) is 0.833. The molecule has 0 saturated heterocycles. The topological polar surface area (TPSA) is 29.1 Å². The van der Waals surface area contributed by atoms with Crippen LogP contribution in [0, 0.1) is 5.82 Å². The Kier molecular flexibility index (Phi) is 5.16. The van der Waals surface area contributed by atoms with Crippen molar-refractivity contribution in [2.24, 2.45) is 0 Å². The van der Waals surface area contributed by atoms with Gasteiger partial charge < -0.3 is 5.32 Å². The maximum absolute atomic E-state index is 13.1. The van der Waals surface area contributed by atoms with Crippen molar-refractivity contribution in [2.75, 3.05) is 5.75 Å². The summed E-state index contributed by atoms with van der Waals surface area (Å²) in [6, 6.07) is 4.49. The molecular weight excluding hydrogens is 281 g/mol. The van der Waals surface area contributed by atoms with Gasteiger partial charge in [-0.3, -0.25) is 4.79 Å². The summed E-state index contributed by atoms with van der Waals surface area (Å²) in [5.74, 6) is 0.578. The lowest BCUT2D eigenvalue weighted by molar-refractivity contribution is 0.0937. The molecule has 2 rings (SSSR count). The molecule has 104 valence electrons. The third-order valence-corrected chi connectivity index (χ3v) is 4.91. The third kappa shape index (κ3) is 3.89. The Hall–Kier alpha value is -0.680. The number of thiol groups is 1. The molecule has 1 aromatic carbocycles. The van der Waals surface area contributed by atoms with E-state index in [4.69, 9.17) is 0 Å². The SMILES string of the molecule is CCSC1CCC(NC(=O)c2ccc(F)c(S)c2)C1. The van der Waals surface area contributed by atoms with Gasteiger partial charge in [-0.15, -0.1) is 12.6 Å². The first kappa shape index (κ1) is 14.7. The van der Waals surface area contributed by atoms with Crippen molar-refractivity contribution >= 4 is 30.3 Å². The van der Waals surface area contributed by atoms with Gasteiger partial charge >= 0.3 is 0 Å². The molecule has 1 saturated carbocycles. The van der Waals surface area contributed by atoms with Crippen LogP contribution in [0.25, 0.3) is 0 Å². The first-order valence-electron chi connectivity index (χ1n) is 6.51. The Morgan fingerprint density at radius 2 is 2.32 bits per heavy atom. The summed E-state index contributed by atoms with van der Waals surface area (Å²) in [6.07, 6.45) is 3.21. The van der Waals surface area contributed by atoms with E-state index in [9.17, 15) is 9.18 Å². The van der Waals surface area contributed by atoms with Gasteiger partial charge in [0.15, 0.2) is 0 Å². The van der Waals surface area contributed by atoms with Crippen molar-refractivity contribution in [3.05, 3.63) is 29.6 Å². The smallest absolute Gasteiger partial charge is 0.251 e. The zero-order valence-electron chi connectivity index (χ0n) is 10.9. The van der Waals surface area contributed by atoms with Gasteiger partial charge in [0.05, 0.1) is 0 Å². The molecule has 2 atom stereocenters. The molecule has 0 spiro atoms. The zero-order chi connectivity index (χ0) is 13.8. The molecule has 5 heteroatoms. The fourth-order valence-corrected chi connectivity index (χ4v) is 3.74. The highest BCUT2D eigenvalue weighted by molar-refractivity contribution is 7.99. The summed E-state index contributed by atoms with van der Waals surface area (Å²) in [6.45, 7) is 2.16. The van der Waals surface area contributed by atoms with Crippen molar-refractivity contribution in [3.63, 3.8) is 0 Å². The van der Waals surface area contributed by atoms with Crippen LogP contribution in [0.5, 0.6) is 0 Å². The predicted molar refractivity (Wildman–Crippen MR) is 80.7 cm³/mol. The van der Waals surface area contributed by atoms with Crippen LogP contribution >= 0.6 is 24.4 Å². The summed E-state index contributed by atoms with van der Waals surface area (Å²) < 4.78 is 13.1.